The summed E-state index contributed by atoms with van der Waals surface area (Å²) in [4.78, 5) is 12.9. The van der Waals surface area contributed by atoms with Crippen molar-refractivity contribution in [3.05, 3.63) is 11.8 Å². The minimum absolute atomic E-state index is 0.115. The van der Waals surface area contributed by atoms with E-state index in [0.717, 1.165) is 42.5 Å². The normalized spacial score (nSPS) is 41.9. The summed E-state index contributed by atoms with van der Waals surface area (Å²) >= 11 is 0. The minimum Gasteiger partial charge on any atom is -0.310 e. The maximum atomic E-state index is 12.9. The Bertz CT molecular complexity index is 548. The molecule has 0 aliphatic heterocycles. The van der Waals surface area contributed by atoms with Crippen molar-refractivity contribution in [2.75, 3.05) is 5.32 Å². The van der Waals surface area contributed by atoms with Gasteiger partial charge < -0.3 is 5.32 Å². The van der Waals surface area contributed by atoms with Gasteiger partial charge in [0.15, 0.2) is 0 Å². The van der Waals surface area contributed by atoms with E-state index in [-0.39, 0.29) is 11.3 Å². The summed E-state index contributed by atoms with van der Waals surface area (Å²) in [5.74, 6) is 2.55. The van der Waals surface area contributed by atoms with Crippen molar-refractivity contribution in [1.82, 2.24) is 10.2 Å². The first-order valence-corrected chi connectivity index (χ1v) is 7.80. The zero-order valence-electron chi connectivity index (χ0n) is 12.3. The first kappa shape index (κ1) is 12.4. The third kappa shape index (κ3) is 1.73. The van der Waals surface area contributed by atoms with Gasteiger partial charge in [0.1, 0.15) is 5.82 Å². The van der Waals surface area contributed by atoms with Crippen LogP contribution >= 0.6 is 0 Å². The Hall–Kier alpha value is -1.32. The number of aromatic nitrogens is 2. The molecule has 108 valence electrons. The molecule has 2 unspecified atom stereocenters. The van der Waals surface area contributed by atoms with E-state index in [1.165, 1.54) is 19.3 Å². The molecule has 4 nitrogen and oxygen atoms in total. The third-order valence-electron chi connectivity index (χ3n) is 5.90. The van der Waals surface area contributed by atoms with Gasteiger partial charge in [-0.15, -0.1) is 0 Å². The molecule has 0 radical (unpaired) electrons. The second kappa shape index (κ2) is 3.86. The standard InChI is InChI=1S/C16H23N3O/c1-10-8-17-19-13(10)18-14(20)16-6-11-3-12(7-16)5-15(2,4-11)9-16/h8,11-12H,3-7,9H2,1-2H3,(H2,17,18,19,20). The molecule has 1 amide bonds. The molecule has 2 atom stereocenters. The van der Waals surface area contributed by atoms with Gasteiger partial charge in [-0.25, -0.2) is 0 Å². The van der Waals surface area contributed by atoms with Gasteiger partial charge in [0.25, 0.3) is 0 Å². The maximum Gasteiger partial charge on any atom is 0.231 e. The first-order valence-electron chi connectivity index (χ1n) is 7.80. The summed E-state index contributed by atoms with van der Waals surface area (Å²) in [5.41, 5.74) is 1.30. The fourth-order valence-corrected chi connectivity index (χ4v) is 5.71. The number of anilines is 1. The summed E-state index contributed by atoms with van der Waals surface area (Å²) < 4.78 is 0. The lowest BCUT2D eigenvalue weighted by Gasteiger charge is -2.60. The number of carbonyl (C=O) groups excluding carboxylic acids is 1. The summed E-state index contributed by atoms with van der Waals surface area (Å²) in [6.45, 7) is 4.37. The van der Waals surface area contributed by atoms with Crippen LogP contribution in [-0.4, -0.2) is 16.1 Å². The van der Waals surface area contributed by atoms with Crippen LogP contribution in [0.3, 0.4) is 0 Å². The summed E-state index contributed by atoms with van der Waals surface area (Å²) in [5, 5.41) is 10.00. The number of H-pyrrole nitrogens is 1. The summed E-state index contributed by atoms with van der Waals surface area (Å²) in [7, 11) is 0. The van der Waals surface area contributed by atoms with Crippen molar-refractivity contribution >= 4 is 11.7 Å². The van der Waals surface area contributed by atoms with Crippen molar-refractivity contribution in [1.29, 1.82) is 0 Å². The van der Waals surface area contributed by atoms with Crippen molar-refractivity contribution in [3.8, 4) is 0 Å². The predicted octanol–water partition coefficient (Wildman–Crippen LogP) is 3.26. The van der Waals surface area contributed by atoms with E-state index in [1.807, 2.05) is 6.92 Å². The van der Waals surface area contributed by atoms with E-state index < -0.39 is 0 Å². The molecule has 1 aromatic rings. The highest BCUT2D eigenvalue weighted by atomic mass is 16.2. The van der Waals surface area contributed by atoms with Crippen LogP contribution in [0.4, 0.5) is 5.82 Å². The number of amides is 1. The Morgan fingerprint density at radius 2 is 2.05 bits per heavy atom. The quantitative estimate of drug-likeness (QED) is 0.869. The van der Waals surface area contributed by atoms with Gasteiger partial charge >= 0.3 is 0 Å². The second-order valence-corrected chi connectivity index (χ2v) is 7.93. The molecule has 4 aliphatic rings. The average molecular weight is 273 g/mol. The number of rotatable bonds is 2. The van der Waals surface area contributed by atoms with E-state index in [2.05, 4.69) is 22.4 Å². The number of hydrogen-bond donors (Lipinski definition) is 2. The van der Waals surface area contributed by atoms with Crippen molar-refractivity contribution in [2.24, 2.45) is 22.7 Å². The van der Waals surface area contributed by atoms with Gasteiger partial charge in [-0.1, -0.05) is 6.92 Å². The van der Waals surface area contributed by atoms with Crippen LogP contribution in [0.2, 0.25) is 0 Å². The fraction of sp³-hybridized carbons (Fsp3) is 0.750. The zero-order valence-corrected chi connectivity index (χ0v) is 12.3. The van der Waals surface area contributed by atoms with Crippen LogP contribution in [-0.2, 0) is 4.79 Å². The van der Waals surface area contributed by atoms with Gasteiger partial charge in [-0.05, 0) is 62.7 Å². The molecule has 4 fully saturated rings. The molecule has 0 aromatic carbocycles. The number of aryl methyl sites for hydroxylation is 1. The highest BCUT2D eigenvalue weighted by molar-refractivity contribution is 5.95. The molecule has 0 spiro atoms. The Labute approximate surface area is 119 Å². The van der Waals surface area contributed by atoms with E-state index in [4.69, 9.17) is 0 Å². The Balaban J connectivity index is 1.61. The second-order valence-electron chi connectivity index (χ2n) is 7.93. The molecule has 20 heavy (non-hydrogen) atoms. The maximum absolute atomic E-state index is 12.9. The molecule has 4 aliphatic carbocycles. The van der Waals surface area contributed by atoms with E-state index in [9.17, 15) is 4.79 Å². The van der Waals surface area contributed by atoms with Crippen molar-refractivity contribution in [2.45, 2.75) is 52.4 Å². The smallest absolute Gasteiger partial charge is 0.231 e. The fourth-order valence-electron chi connectivity index (χ4n) is 5.71. The number of aromatic amines is 1. The Kier molecular flexibility index (Phi) is 2.40. The molecule has 2 N–H and O–H groups in total. The van der Waals surface area contributed by atoms with Gasteiger partial charge in [-0.3, -0.25) is 9.89 Å². The summed E-state index contributed by atoms with van der Waals surface area (Å²) in [6, 6.07) is 0. The largest absolute Gasteiger partial charge is 0.310 e. The van der Waals surface area contributed by atoms with Crippen molar-refractivity contribution < 1.29 is 4.79 Å². The van der Waals surface area contributed by atoms with E-state index in [0.29, 0.717) is 5.41 Å². The summed E-state index contributed by atoms with van der Waals surface area (Å²) in [6.07, 6.45) is 9.05. The molecule has 0 saturated heterocycles. The van der Waals surface area contributed by atoms with Crippen LogP contribution in [0.15, 0.2) is 6.20 Å². The predicted molar refractivity (Wildman–Crippen MR) is 77.2 cm³/mol. The Morgan fingerprint density at radius 3 is 2.60 bits per heavy atom. The van der Waals surface area contributed by atoms with Gasteiger partial charge in [0.05, 0.1) is 11.6 Å². The van der Waals surface area contributed by atoms with Crippen LogP contribution in [0.1, 0.15) is 51.0 Å². The van der Waals surface area contributed by atoms with Crippen LogP contribution in [0, 0.1) is 29.6 Å². The average Bonchev–Trinajstić information content (AvgIpc) is 2.71. The molecule has 4 bridgehead atoms. The lowest BCUT2D eigenvalue weighted by Crippen LogP contribution is -2.55. The monoisotopic (exact) mass is 273 g/mol. The highest BCUT2D eigenvalue weighted by Gasteiger charge is 2.58. The molecule has 5 rings (SSSR count). The molecular weight excluding hydrogens is 250 g/mol. The highest BCUT2D eigenvalue weighted by Crippen LogP contribution is 2.65. The molecule has 4 saturated carbocycles. The SMILES string of the molecule is Cc1cn[nH]c1NC(=O)C12CC3CC(CC(C)(C3)C1)C2. The first-order chi connectivity index (χ1) is 9.48. The molecule has 1 aromatic heterocycles. The van der Waals surface area contributed by atoms with Crippen molar-refractivity contribution in [3.63, 3.8) is 0 Å². The zero-order chi connectivity index (χ0) is 14.0. The third-order valence-corrected chi connectivity index (χ3v) is 5.90. The van der Waals surface area contributed by atoms with Gasteiger partial charge in [0.2, 0.25) is 5.91 Å². The number of nitrogens with one attached hydrogen (secondary N) is 2. The lowest BCUT2D eigenvalue weighted by molar-refractivity contribution is -0.149. The van der Waals surface area contributed by atoms with Gasteiger partial charge in [-0.2, -0.15) is 5.10 Å². The lowest BCUT2D eigenvalue weighted by atomic mass is 9.44. The topological polar surface area (TPSA) is 57.8 Å². The van der Waals surface area contributed by atoms with Crippen LogP contribution < -0.4 is 5.32 Å². The van der Waals surface area contributed by atoms with Crippen LogP contribution in [0.25, 0.3) is 0 Å². The Morgan fingerprint density at radius 1 is 1.35 bits per heavy atom. The number of hydrogen-bond acceptors (Lipinski definition) is 2. The van der Waals surface area contributed by atoms with Gasteiger partial charge in [0, 0.05) is 5.56 Å². The minimum atomic E-state index is -0.115. The molecular formula is C16H23N3O. The molecule has 1 heterocycles. The number of carbonyl (C=O) groups is 1. The number of nitrogens with zero attached hydrogens (tertiary/aromatic N) is 1. The van der Waals surface area contributed by atoms with Crippen LogP contribution in [0.5, 0.6) is 0 Å². The van der Waals surface area contributed by atoms with E-state index >= 15 is 0 Å². The van der Waals surface area contributed by atoms with E-state index in [1.54, 1.807) is 6.20 Å². The molecule has 4 heteroatoms.